The minimum atomic E-state index is 1.03. The molecule has 42 heavy (non-hydrogen) atoms. The number of hydrogen-bond donors (Lipinski definition) is 2. The van der Waals surface area contributed by atoms with Crippen LogP contribution in [0, 0.1) is 0 Å². The lowest BCUT2D eigenvalue weighted by atomic mass is 9.90. The summed E-state index contributed by atoms with van der Waals surface area (Å²) in [6.07, 6.45) is 3.40. The number of nitrogens with one attached hydrogen (secondary N) is 2. The molecular weight excluding hydrogens is 508 g/mol. The first-order valence-corrected chi connectivity index (χ1v) is 14.7. The number of H-pyrrole nitrogens is 2. The van der Waals surface area contributed by atoms with Crippen LogP contribution in [-0.4, -0.2) is 9.97 Å². The van der Waals surface area contributed by atoms with Crippen LogP contribution in [0.3, 0.4) is 0 Å². The Balaban J connectivity index is 1.35. The van der Waals surface area contributed by atoms with Gasteiger partial charge in [0, 0.05) is 43.7 Å². The van der Waals surface area contributed by atoms with Crippen molar-refractivity contribution in [2.45, 2.75) is 13.3 Å². The average Bonchev–Trinajstić information content (AvgIpc) is 3.72. The third kappa shape index (κ3) is 3.45. The second-order valence-corrected chi connectivity index (χ2v) is 11.6. The second kappa shape index (κ2) is 8.83. The van der Waals surface area contributed by atoms with Crippen molar-refractivity contribution in [2.24, 2.45) is 0 Å². The molecule has 1 aliphatic carbocycles. The molecule has 2 heterocycles. The topological polar surface area (TPSA) is 31.6 Å². The molecule has 2 N–H and O–H groups in total. The third-order valence-corrected chi connectivity index (χ3v) is 9.01. The van der Waals surface area contributed by atoms with Crippen LogP contribution in [0.4, 0.5) is 0 Å². The smallest absolute Gasteiger partial charge is 0.0544 e. The molecule has 2 aromatic heterocycles. The minimum Gasteiger partial charge on any atom is -0.354 e. The van der Waals surface area contributed by atoms with Crippen molar-refractivity contribution in [1.82, 2.24) is 9.97 Å². The van der Waals surface area contributed by atoms with Gasteiger partial charge < -0.3 is 9.97 Å². The van der Waals surface area contributed by atoms with E-state index in [-0.39, 0.29) is 0 Å². The van der Waals surface area contributed by atoms with Gasteiger partial charge in [-0.3, -0.25) is 0 Å². The van der Waals surface area contributed by atoms with Gasteiger partial charge in [0.2, 0.25) is 0 Å². The average molecular weight is 537 g/mol. The summed E-state index contributed by atoms with van der Waals surface area (Å²) < 4.78 is 0. The van der Waals surface area contributed by atoms with Crippen LogP contribution >= 0.6 is 0 Å². The van der Waals surface area contributed by atoms with Gasteiger partial charge in [0.15, 0.2) is 0 Å². The van der Waals surface area contributed by atoms with Gasteiger partial charge in [0.25, 0.3) is 0 Å². The lowest BCUT2D eigenvalue weighted by Gasteiger charge is -2.15. The molecule has 6 aromatic carbocycles. The van der Waals surface area contributed by atoms with Crippen molar-refractivity contribution in [3.8, 4) is 33.4 Å². The zero-order valence-corrected chi connectivity index (χ0v) is 23.3. The maximum Gasteiger partial charge on any atom is 0.0544 e. The summed E-state index contributed by atoms with van der Waals surface area (Å²) in [6.45, 7) is 2.23. The number of para-hydroxylation sites is 4. The Morgan fingerprint density at radius 1 is 0.476 bits per heavy atom. The van der Waals surface area contributed by atoms with E-state index >= 15 is 0 Å². The van der Waals surface area contributed by atoms with Gasteiger partial charge in [0.1, 0.15) is 0 Å². The number of aromatic nitrogens is 2. The van der Waals surface area contributed by atoms with Crippen LogP contribution in [0.25, 0.3) is 83.1 Å². The Labute approximate surface area is 244 Å². The summed E-state index contributed by atoms with van der Waals surface area (Å²) >= 11 is 0. The molecule has 0 spiro atoms. The molecule has 1 aliphatic rings. The highest BCUT2D eigenvalue weighted by Crippen LogP contribution is 2.42. The number of allylic oxidation sites excluding steroid dienone is 1. The predicted octanol–water partition coefficient (Wildman–Crippen LogP) is 10.9. The van der Waals surface area contributed by atoms with E-state index in [0.717, 1.165) is 6.42 Å². The molecule has 0 fully saturated rings. The number of rotatable bonds is 3. The number of benzene rings is 6. The summed E-state index contributed by atoms with van der Waals surface area (Å²) in [4.78, 5) is 7.49. The first-order chi connectivity index (χ1) is 20.7. The Morgan fingerprint density at radius 2 is 0.952 bits per heavy atom. The normalized spacial score (nSPS) is 12.9. The number of fused-ring (bicyclic) bond motifs is 7. The van der Waals surface area contributed by atoms with E-state index < -0.39 is 0 Å². The quantitative estimate of drug-likeness (QED) is 0.225. The molecule has 2 heteroatoms. The van der Waals surface area contributed by atoms with Gasteiger partial charge in [-0.1, -0.05) is 103 Å². The van der Waals surface area contributed by atoms with Gasteiger partial charge in [-0.05, 0) is 77.1 Å². The van der Waals surface area contributed by atoms with E-state index in [0.29, 0.717) is 0 Å². The van der Waals surface area contributed by atoms with Crippen LogP contribution < -0.4 is 0 Å². The summed E-state index contributed by atoms with van der Waals surface area (Å²) in [5.74, 6) is 0. The molecule has 9 rings (SSSR count). The summed E-state index contributed by atoms with van der Waals surface area (Å²) in [6, 6.07) is 44.4. The number of aromatic amines is 2. The summed E-state index contributed by atoms with van der Waals surface area (Å²) in [7, 11) is 0. The molecule has 0 unspecified atom stereocenters. The monoisotopic (exact) mass is 536 g/mol. The Kier molecular flexibility index (Phi) is 4.91. The lowest BCUT2D eigenvalue weighted by Crippen LogP contribution is -1.91. The molecule has 0 aliphatic heterocycles. The lowest BCUT2D eigenvalue weighted by molar-refractivity contribution is 1.20. The van der Waals surface area contributed by atoms with E-state index in [1.54, 1.807) is 0 Å². The fourth-order valence-electron chi connectivity index (χ4n) is 7.11. The second-order valence-electron chi connectivity index (χ2n) is 11.6. The van der Waals surface area contributed by atoms with E-state index in [1.165, 1.54) is 93.7 Å². The molecule has 0 atom stereocenters. The third-order valence-electron chi connectivity index (χ3n) is 9.01. The van der Waals surface area contributed by atoms with Crippen LogP contribution in [-0.2, 0) is 6.42 Å². The molecule has 8 aromatic rings. The molecule has 0 radical (unpaired) electrons. The standard InChI is InChI=1S/C40H28N2/c1-24-19-25-9-6-12-29(36(25)20-24)26-21-27(30-13-7-15-34-32-10-2-4-17-37(32)41-39(30)34)23-28(22-26)31-14-8-16-35-33-11-3-5-18-38(33)42-40(31)35/h2-18,20-23,41-42H,19H2,1H3. The van der Waals surface area contributed by atoms with E-state index in [1.807, 2.05) is 0 Å². The van der Waals surface area contributed by atoms with Crippen molar-refractivity contribution in [3.05, 3.63) is 138 Å². The predicted molar refractivity (Wildman–Crippen MR) is 179 cm³/mol. The minimum absolute atomic E-state index is 1.03. The highest BCUT2D eigenvalue weighted by Gasteiger charge is 2.18. The van der Waals surface area contributed by atoms with Crippen molar-refractivity contribution < 1.29 is 0 Å². The van der Waals surface area contributed by atoms with Gasteiger partial charge in [-0.2, -0.15) is 0 Å². The Bertz CT molecular complexity index is 2260. The van der Waals surface area contributed by atoms with Crippen molar-refractivity contribution in [3.63, 3.8) is 0 Å². The first kappa shape index (κ1) is 23.4. The first-order valence-electron chi connectivity index (χ1n) is 14.7. The SMILES string of the molecule is CC1=Cc2c(cccc2-c2cc(-c3cccc4c3[nH]c3ccccc34)cc(-c3cccc4c3[nH]c3ccccc34)c2)C1. The largest absolute Gasteiger partial charge is 0.354 e. The Morgan fingerprint density at radius 3 is 1.55 bits per heavy atom. The van der Waals surface area contributed by atoms with Crippen molar-refractivity contribution in [2.75, 3.05) is 0 Å². The maximum atomic E-state index is 3.74. The Hall–Kier alpha value is -5.34. The van der Waals surface area contributed by atoms with Gasteiger partial charge in [-0.15, -0.1) is 0 Å². The van der Waals surface area contributed by atoms with Crippen molar-refractivity contribution >= 4 is 49.7 Å². The molecule has 198 valence electrons. The molecular formula is C40H28N2. The molecule has 0 saturated heterocycles. The van der Waals surface area contributed by atoms with Gasteiger partial charge >= 0.3 is 0 Å². The molecule has 0 amide bonds. The van der Waals surface area contributed by atoms with Crippen LogP contribution in [0.5, 0.6) is 0 Å². The van der Waals surface area contributed by atoms with Crippen LogP contribution in [0.15, 0.2) is 127 Å². The zero-order chi connectivity index (χ0) is 27.8. The highest BCUT2D eigenvalue weighted by molar-refractivity contribution is 6.14. The number of hydrogen-bond acceptors (Lipinski definition) is 0. The van der Waals surface area contributed by atoms with Crippen LogP contribution in [0.1, 0.15) is 18.1 Å². The molecule has 0 bridgehead atoms. The zero-order valence-electron chi connectivity index (χ0n) is 23.3. The summed E-state index contributed by atoms with van der Waals surface area (Å²) in [5, 5.41) is 5.03. The fraction of sp³-hybridized carbons (Fsp3) is 0.0500. The molecule has 0 saturated carbocycles. The molecule has 2 nitrogen and oxygen atoms in total. The van der Waals surface area contributed by atoms with Gasteiger partial charge in [0.05, 0.1) is 11.0 Å². The van der Waals surface area contributed by atoms with Gasteiger partial charge in [-0.25, -0.2) is 0 Å². The van der Waals surface area contributed by atoms with E-state index in [2.05, 4.69) is 144 Å². The van der Waals surface area contributed by atoms with E-state index in [4.69, 9.17) is 0 Å². The summed E-state index contributed by atoms with van der Waals surface area (Å²) in [5.41, 5.74) is 16.3. The van der Waals surface area contributed by atoms with Crippen molar-refractivity contribution in [1.29, 1.82) is 0 Å². The highest BCUT2D eigenvalue weighted by atomic mass is 14.7. The fourth-order valence-corrected chi connectivity index (χ4v) is 7.11. The van der Waals surface area contributed by atoms with E-state index in [9.17, 15) is 0 Å². The maximum absolute atomic E-state index is 3.74. The van der Waals surface area contributed by atoms with Crippen LogP contribution in [0.2, 0.25) is 0 Å².